The summed E-state index contributed by atoms with van der Waals surface area (Å²) in [4.78, 5) is 10.6. The highest BCUT2D eigenvalue weighted by molar-refractivity contribution is 6.74. The van der Waals surface area contributed by atoms with Gasteiger partial charge in [0.2, 0.25) is 0 Å². The number of hydrogen-bond donors (Lipinski definition) is 1. The minimum Gasteiger partial charge on any atom is -0.478 e. The second-order valence-electron chi connectivity index (χ2n) is 6.30. The zero-order chi connectivity index (χ0) is 14.4. The van der Waals surface area contributed by atoms with Crippen molar-refractivity contribution in [2.24, 2.45) is 0 Å². The Morgan fingerprint density at radius 2 is 1.83 bits per heavy atom. The highest BCUT2D eigenvalue weighted by Gasteiger charge is 2.36. The number of aliphatic carboxylic acids is 1. The van der Waals surface area contributed by atoms with Gasteiger partial charge in [0.15, 0.2) is 8.32 Å². The largest absolute Gasteiger partial charge is 0.478 e. The molecule has 0 aliphatic rings. The maximum Gasteiger partial charge on any atom is 0.330 e. The fourth-order valence-electron chi connectivity index (χ4n) is 1.20. The molecule has 0 saturated carbocycles. The SMILES string of the molecule is CC(=CCCCCO[Si](C)(C)C(C)(C)C)C(=O)O. The lowest BCUT2D eigenvalue weighted by atomic mass is 10.2. The van der Waals surface area contributed by atoms with Crippen molar-refractivity contribution in [3.8, 4) is 0 Å². The van der Waals surface area contributed by atoms with E-state index in [4.69, 9.17) is 9.53 Å². The normalized spacial score (nSPS) is 13.8. The van der Waals surface area contributed by atoms with Crippen LogP contribution >= 0.6 is 0 Å². The van der Waals surface area contributed by atoms with Crippen LogP contribution in [0.25, 0.3) is 0 Å². The maximum atomic E-state index is 10.6. The van der Waals surface area contributed by atoms with E-state index in [2.05, 4.69) is 33.9 Å². The van der Waals surface area contributed by atoms with Crippen molar-refractivity contribution < 1.29 is 14.3 Å². The lowest BCUT2D eigenvalue weighted by Crippen LogP contribution is -2.40. The van der Waals surface area contributed by atoms with E-state index in [0.29, 0.717) is 5.57 Å². The molecule has 0 saturated heterocycles. The van der Waals surface area contributed by atoms with Gasteiger partial charge in [0.1, 0.15) is 0 Å². The topological polar surface area (TPSA) is 46.5 Å². The van der Waals surface area contributed by atoms with Crippen LogP contribution in [0.1, 0.15) is 47.0 Å². The Kier molecular flexibility index (Phi) is 6.85. The summed E-state index contributed by atoms with van der Waals surface area (Å²) in [7, 11) is -1.61. The molecule has 0 radical (unpaired) electrons. The number of carbonyl (C=O) groups is 1. The predicted octanol–water partition coefficient (Wildman–Crippen LogP) is 4.21. The minimum atomic E-state index is -1.61. The first kappa shape index (κ1) is 17.4. The number of carboxylic acids is 1. The van der Waals surface area contributed by atoms with Crippen LogP contribution in [-0.2, 0) is 9.22 Å². The van der Waals surface area contributed by atoms with Gasteiger partial charge in [-0.25, -0.2) is 4.79 Å². The van der Waals surface area contributed by atoms with Gasteiger partial charge in [0, 0.05) is 12.2 Å². The molecule has 18 heavy (non-hydrogen) atoms. The van der Waals surface area contributed by atoms with E-state index in [1.54, 1.807) is 13.0 Å². The maximum absolute atomic E-state index is 10.6. The predicted molar refractivity (Wildman–Crippen MR) is 78.4 cm³/mol. The van der Waals surface area contributed by atoms with Gasteiger partial charge in [-0.2, -0.15) is 0 Å². The lowest BCUT2D eigenvalue weighted by Gasteiger charge is -2.36. The molecule has 0 amide bonds. The molecule has 0 unspecified atom stereocenters. The molecular weight excluding hydrogens is 244 g/mol. The zero-order valence-corrected chi connectivity index (χ0v) is 13.7. The Morgan fingerprint density at radius 1 is 1.28 bits per heavy atom. The molecule has 1 N–H and O–H groups in total. The summed E-state index contributed by atoms with van der Waals surface area (Å²) in [6, 6.07) is 0. The number of allylic oxidation sites excluding steroid dienone is 1. The van der Waals surface area contributed by atoms with Crippen LogP contribution in [0.3, 0.4) is 0 Å². The Labute approximate surface area is 112 Å². The van der Waals surface area contributed by atoms with Crippen molar-refractivity contribution in [2.45, 2.75) is 65.1 Å². The van der Waals surface area contributed by atoms with Gasteiger partial charge in [0.05, 0.1) is 0 Å². The molecule has 4 heteroatoms. The number of rotatable bonds is 7. The van der Waals surface area contributed by atoms with Gasteiger partial charge in [-0.05, 0) is 44.3 Å². The van der Waals surface area contributed by atoms with Crippen molar-refractivity contribution >= 4 is 14.3 Å². The number of unbranched alkanes of at least 4 members (excludes halogenated alkanes) is 2. The third kappa shape index (κ3) is 6.35. The highest BCUT2D eigenvalue weighted by Crippen LogP contribution is 2.36. The van der Waals surface area contributed by atoms with E-state index in [1.165, 1.54) is 0 Å². The first-order chi connectivity index (χ1) is 8.08. The van der Waals surface area contributed by atoms with Gasteiger partial charge < -0.3 is 9.53 Å². The fourth-order valence-corrected chi connectivity index (χ4v) is 2.28. The summed E-state index contributed by atoms with van der Waals surface area (Å²) in [5, 5.41) is 8.95. The Morgan fingerprint density at radius 3 is 2.28 bits per heavy atom. The molecule has 3 nitrogen and oxygen atoms in total. The Bertz CT molecular complexity index is 301. The molecule has 0 aromatic rings. The van der Waals surface area contributed by atoms with Crippen molar-refractivity contribution in [3.05, 3.63) is 11.6 Å². The lowest BCUT2D eigenvalue weighted by molar-refractivity contribution is -0.132. The third-order valence-corrected chi connectivity index (χ3v) is 8.19. The van der Waals surface area contributed by atoms with Gasteiger partial charge >= 0.3 is 5.97 Å². The summed E-state index contributed by atoms with van der Waals surface area (Å²) in [5.74, 6) is -0.826. The molecular formula is C14H28O3Si. The van der Waals surface area contributed by atoms with Crippen LogP contribution in [0, 0.1) is 0 Å². The second-order valence-corrected chi connectivity index (χ2v) is 11.1. The standard InChI is InChI=1S/C14H28O3Si/c1-12(13(15)16)10-8-7-9-11-17-18(5,6)14(2,3)4/h10H,7-9,11H2,1-6H3,(H,15,16). The van der Waals surface area contributed by atoms with Crippen LogP contribution in [0.2, 0.25) is 18.1 Å². The molecule has 0 aromatic heterocycles. The highest BCUT2D eigenvalue weighted by atomic mass is 28.4. The van der Waals surface area contributed by atoms with E-state index >= 15 is 0 Å². The molecule has 0 fully saturated rings. The summed E-state index contributed by atoms with van der Waals surface area (Å²) in [6.07, 6.45) is 4.59. The molecule has 0 aliphatic carbocycles. The molecule has 0 spiro atoms. The minimum absolute atomic E-state index is 0.257. The van der Waals surface area contributed by atoms with Crippen LogP contribution in [0.15, 0.2) is 11.6 Å². The fraction of sp³-hybridized carbons (Fsp3) is 0.786. The third-order valence-electron chi connectivity index (χ3n) is 3.66. The summed E-state index contributed by atoms with van der Waals surface area (Å²) < 4.78 is 6.05. The number of hydrogen-bond acceptors (Lipinski definition) is 2. The van der Waals surface area contributed by atoms with Crippen molar-refractivity contribution in [2.75, 3.05) is 6.61 Å². The zero-order valence-electron chi connectivity index (χ0n) is 12.7. The van der Waals surface area contributed by atoms with Crippen LogP contribution in [0.5, 0.6) is 0 Å². The van der Waals surface area contributed by atoms with Crippen LogP contribution in [0.4, 0.5) is 0 Å². The molecule has 0 heterocycles. The number of carboxylic acid groups (broad SMARTS) is 1. The van der Waals surface area contributed by atoms with Crippen LogP contribution in [-0.4, -0.2) is 26.0 Å². The Hall–Kier alpha value is -0.613. The van der Waals surface area contributed by atoms with Crippen molar-refractivity contribution in [1.29, 1.82) is 0 Å². The average Bonchev–Trinajstić information content (AvgIpc) is 2.20. The van der Waals surface area contributed by atoms with Crippen molar-refractivity contribution in [1.82, 2.24) is 0 Å². The van der Waals surface area contributed by atoms with Crippen LogP contribution < -0.4 is 0 Å². The van der Waals surface area contributed by atoms with E-state index in [-0.39, 0.29) is 5.04 Å². The summed E-state index contributed by atoms with van der Waals surface area (Å²) in [6.45, 7) is 13.6. The van der Waals surface area contributed by atoms with Gasteiger partial charge in [-0.15, -0.1) is 0 Å². The smallest absolute Gasteiger partial charge is 0.330 e. The van der Waals surface area contributed by atoms with Crippen molar-refractivity contribution in [3.63, 3.8) is 0 Å². The molecule has 0 aliphatic heterocycles. The van der Waals surface area contributed by atoms with E-state index in [1.807, 2.05) is 0 Å². The first-order valence-corrected chi connectivity index (χ1v) is 9.53. The summed E-state index contributed by atoms with van der Waals surface area (Å²) in [5.41, 5.74) is 0.431. The molecule has 0 rings (SSSR count). The van der Waals surface area contributed by atoms with Gasteiger partial charge in [-0.1, -0.05) is 26.8 Å². The molecule has 0 atom stereocenters. The Balaban J connectivity index is 3.83. The van der Waals surface area contributed by atoms with E-state index in [9.17, 15) is 4.79 Å². The molecule has 106 valence electrons. The summed E-state index contributed by atoms with van der Waals surface area (Å²) >= 11 is 0. The molecule has 0 aromatic carbocycles. The molecule has 0 bridgehead atoms. The van der Waals surface area contributed by atoms with Gasteiger partial charge in [-0.3, -0.25) is 0 Å². The monoisotopic (exact) mass is 272 g/mol. The second kappa shape index (κ2) is 7.09. The van der Waals surface area contributed by atoms with E-state index < -0.39 is 14.3 Å². The quantitative estimate of drug-likeness (QED) is 0.429. The average molecular weight is 272 g/mol. The van der Waals surface area contributed by atoms with Gasteiger partial charge in [0.25, 0.3) is 0 Å². The first-order valence-electron chi connectivity index (χ1n) is 6.62. The van der Waals surface area contributed by atoms with E-state index in [0.717, 1.165) is 25.9 Å².